The van der Waals surface area contributed by atoms with E-state index in [2.05, 4.69) is 5.32 Å². The van der Waals surface area contributed by atoms with Gasteiger partial charge in [0.2, 0.25) is 5.91 Å². The minimum atomic E-state index is -0.820. The van der Waals surface area contributed by atoms with E-state index in [1.165, 1.54) is 0 Å². The van der Waals surface area contributed by atoms with Gasteiger partial charge in [-0.05, 0) is 37.5 Å². The quantitative estimate of drug-likeness (QED) is 0.862. The Morgan fingerprint density at radius 1 is 1.39 bits per heavy atom. The van der Waals surface area contributed by atoms with Crippen LogP contribution in [0.2, 0.25) is 5.02 Å². The molecule has 2 unspecified atom stereocenters. The lowest BCUT2D eigenvalue weighted by molar-refractivity contribution is -0.126. The van der Waals surface area contributed by atoms with E-state index in [-0.39, 0.29) is 11.9 Å². The topological polar surface area (TPSA) is 55.1 Å². The lowest BCUT2D eigenvalue weighted by atomic mass is 9.97. The number of nitrogens with two attached hydrogens (primary N) is 1. The van der Waals surface area contributed by atoms with E-state index in [1.54, 1.807) is 6.92 Å². The van der Waals surface area contributed by atoms with Crippen LogP contribution in [0.25, 0.3) is 0 Å². The zero-order valence-corrected chi connectivity index (χ0v) is 11.9. The second kappa shape index (κ2) is 6.21. The van der Waals surface area contributed by atoms with Crippen molar-refractivity contribution in [1.29, 1.82) is 0 Å². The summed E-state index contributed by atoms with van der Waals surface area (Å²) in [6.07, 6.45) is 1.42. The maximum absolute atomic E-state index is 12.0. The molecule has 0 aliphatic heterocycles. The van der Waals surface area contributed by atoms with Crippen LogP contribution in [0.1, 0.15) is 45.2 Å². The van der Waals surface area contributed by atoms with Gasteiger partial charge in [0.05, 0.1) is 11.6 Å². The van der Waals surface area contributed by atoms with Crippen LogP contribution >= 0.6 is 11.6 Å². The van der Waals surface area contributed by atoms with Gasteiger partial charge in [-0.25, -0.2) is 0 Å². The van der Waals surface area contributed by atoms with Crippen molar-refractivity contribution < 1.29 is 4.79 Å². The molecule has 3 N–H and O–H groups in total. The van der Waals surface area contributed by atoms with Gasteiger partial charge in [0.15, 0.2) is 0 Å². The number of benzene rings is 1. The lowest BCUT2D eigenvalue weighted by Gasteiger charge is -2.26. The minimum absolute atomic E-state index is 0.0239. The van der Waals surface area contributed by atoms with Gasteiger partial charge in [0, 0.05) is 5.02 Å². The molecule has 1 rings (SSSR count). The van der Waals surface area contributed by atoms with Crippen LogP contribution < -0.4 is 11.1 Å². The van der Waals surface area contributed by atoms with Crippen LogP contribution in [0.5, 0.6) is 0 Å². The van der Waals surface area contributed by atoms with Gasteiger partial charge in [-0.1, -0.05) is 37.6 Å². The fourth-order valence-electron chi connectivity index (χ4n) is 1.60. The van der Waals surface area contributed by atoms with E-state index >= 15 is 0 Å². The van der Waals surface area contributed by atoms with E-state index in [0.29, 0.717) is 11.4 Å². The van der Waals surface area contributed by atoms with Gasteiger partial charge >= 0.3 is 0 Å². The molecule has 0 spiro atoms. The molecule has 1 aromatic rings. The summed E-state index contributed by atoms with van der Waals surface area (Å²) in [6, 6.07) is 7.48. The highest BCUT2D eigenvalue weighted by Crippen LogP contribution is 2.20. The minimum Gasteiger partial charge on any atom is -0.348 e. The summed E-state index contributed by atoms with van der Waals surface area (Å²) in [5.41, 5.74) is 6.16. The molecule has 2 atom stereocenters. The van der Waals surface area contributed by atoms with Crippen molar-refractivity contribution >= 4 is 17.5 Å². The standard InChI is InChI=1S/C14H21ClN2O/c1-4-12(10-6-8-11(15)9-7-10)17-13(18)14(3,16)5-2/h6-9,12H,4-5,16H2,1-3H3,(H,17,18). The lowest BCUT2D eigenvalue weighted by Crippen LogP contribution is -2.51. The fourth-order valence-corrected chi connectivity index (χ4v) is 1.73. The van der Waals surface area contributed by atoms with E-state index in [4.69, 9.17) is 17.3 Å². The Morgan fingerprint density at radius 3 is 2.39 bits per heavy atom. The smallest absolute Gasteiger partial charge is 0.240 e. The number of hydrogen-bond donors (Lipinski definition) is 2. The maximum Gasteiger partial charge on any atom is 0.240 e. The number of amides is 1. The molecule has 0 saturated carbocycles. The summed E-state index contributed by atoms with van der Waals surface area (Å²) < 4.78 is 0. The van der Waals surface area contributed by atoms with Crippen molar-refractivity contribution in [2.24, 2.45) is 5.73 Å². The van der Waals surface area contributed by atoms with Gasteiger partial charge in [-0.15, -0.1) is 0 Å². The second-order valence-corrected chi connectivity index (χ2v) is 5.19. The summed E-state index contributed by atoms with van der Waals surface area (Å²) >= 11 is 5.85. The maximum atomic E-state index is 12.0. The first-order chi connectivity index (χ1) is 8.40. The van der Waals surface area contributed by atoms with Gasteiger partial charge in [0.1, 0.15) is 0 Å². The van der Waals surface area contributed by atoms with E-state index < -0.39 is 5.54 Å². The normalized spacial score (nSPS) is 15.8. The molecule has 0 aliphatic rings. The fraction of sp³-hybridized carbons (Fsp3) is 0.500. The molecule has 0 saturated heterocycles. The third-order valence-electron chi connectivity index (χ3n) is 3.24. The van der Waals surface area contributed by atoms with E-state index in [1.807, 2.05) is 38.1 Å². The van der Waals surface area contributed by atoms with Crippen molar-refractivity contribution in [2.75, 3.05) is 0 Å². The molecular formula is C14H21ClN2O. The average Bonchev–Trinajstić information content (AvgIpc) is 2.36. The molecule has 0 radical (unpaired) electrons. The first kappa shape index (κ1) is 15.0. The van der Waals surface area contributed by atoms with Crippen LogP contribution in [-0.4, -0.2) is 11.4 Å². The number of nitrogens with one attached hydrogen (secondary N) is 1. The average molecular weight is 269 g/mol. The van der Waals surface area contributed by atoms with Crippen LogP contribution in [0.4, 0.5) is 0 Å². The molecule has 1 aromatic carbocycles. The first-order valence-electron chi connectivity index (χ1n) is 6.26. The highest BCUT2D eigenvalue weighted by molar-refractivity contribution is 6.30. The molecule has 0 aromatic heterocycles. The van der Waals surface area contributed by atoms with E-state index in [9.17, 15) is 4.79 Å². The van der Waals surface area contributed by atoms with Crippen molar-refractivity contribution in [2.45, 2.75) is 45.2 Å². The van der Waals surface area contributed by atoms with Crippen molar-refractivity contribution in [3.63, 3.8) is 0 Å². The monoisotopic (exact) mass is 268 g/mol. The Balaban J connectivity index is 2.80. The SMILES string of the molecule is CCC(NC(=O)C(C)(N)CC)c1ccc(Cl)cc1. The number of carbonyl (C=O) groups is 1. The number of hydrogen-bond acceptors (Lipinski definition) is 2. The van der Waals surface area contributed by atoms with Crippen LogP contribution in [0.3, 0.4) is 0 Å². The Morgan fingerprint density at radius 2 is 1.94 bits per heavy atom. The predicted octanol–water partition coefficient (Wildman–Crippen LogP) is 3.03. The summed E-state index contributed by atoms with van der Waals surface area (Å²) in [6.45, 7) is 5.68. The number of halogens is 1. The molecular weight excluding hydrogens is 248 g/mol. The van der Waals surface area contributed by atoms with Crippen molar-refractivity contribution in [3.8, 4) is 0 Å². The Bertz CT molecular complexity index is 401. The summed E-state index contributed by atoms with van der Waals surface area (Å²) in [5, 5.41) is 3.68. The molecule has 100 valence electrons. The zero-order valence-electron chi connectivity index (χ0n) is 11.2. The molecule has 18 heavy (non-hydrogen) atoms. The Labute approximate surface area is 114 Å². The number of rotatable bonds is 5. The molecule has 0 heterocycles. The third-order valence-corrected chi connectivity index (χ3v) is 3.49. The van der Waals surface area contributed by atoms with Gasteiger partial charge in [-0.3, -0.25) is 4.79 Å². The molecule has 0 fully saturated rings. The highest BCUT2D eigenvalue weighted by Gasteiger charge is 2.27. The Kier molecular flexibility index (Phi) is 5.17. The first-order valence-corrected chi connectivity index (χ1v) is 6.63. The molecule has 0 bridgehead atoms. The molecule has 0 aliphatic carbocycles. The third kappa shape index (κ3) is 3.72. The van der Waals surface area contributed by atoms with Gasteiger partial charge < -0.3 is 11.1 Å². The number of carbonyl (C=O) groups excluding carboxylic acids is 1. The van der Waals surface area contributed by atoms with Crippen LogP contribution in [-0.2, 0) is 4.79 Å². The van der Waals surface area contributed by atoms with Crippen LogP contribution in [0, 0.1) is 0 Å². The second-order valence-electron chi connectivity index (χ2n) is 4.76. The van der Waals surface area contributed by atoms with Gasteiger partial charge in [0.25, 0.3) is 0 Å². The Hall–Kier alpha value is -1.06. The van der Waals surface area contributed by atoms with Gasteiger partial charge in [-0.2, -0.15) is 0 Å². The highest BCUT2D eigenvalue weighted by atomic mass is 35.5. The zero-order chi connectivity index (χ0) is 13.8. The molecule has 1 amide bonds. The van der Waals surface area contributed by atoms with Crippen molar-refractivity contribution in [3.05, 3.63) is 34.9 Å². The van der Waals surface area contributed by atoms with E-state index in [0.717, 1.165) is 12.0 Å². The van der Waals surface area contributed by atoms with Crippen molar-refractivity contribution in [1.82, 2.24) is 5.32 Å². The summed E-state index contributed by atoms with van der Waals surface area (Å²) in [4.78, 5) is 12.0. The molecule has 3 nitrogen and oxygen atoms in total. The summed E-state index contributed by atoms with van der Waals surface area (Å²) in [5.74, 6) is -0.119. The van der Waals surface area contributed by atoms with Crippen LogP contribution in [0.15, 0.2) is 24.3 Å². The predicted molar refractivity (Wildman–Crippen MR) is 75.5 cm³/mol. The summed E-state index contributed by atoms with van der Waals surface area (Å²) in [7, 11) is 0. The molecule has 4 heteroatoms. The largest absolute Gasteiger partial charge is 0.348 e.